The topological polar surface area (TPSA) is 67.6 Å². The fourth-order valence-electron chi connectivity index (χ4n) is 4.02. The van der Waals surface area contributed by atoms with Crippen LogP contribution in [0.1, 0.15) is 21.7 Å². The number of nitrogens with one attached hydrogen (secondary N) is 1. The highest BCUT2D eigenvalue weighted by Crippen LogP contribution is 2.41. The van der Waals surface area contributed by atoms with E-state index in [0.29, 0.717) is 30.4 Å². The molecule has 6 nitrogen and oxygen atoms in total. The van der Waals surface area contributed by atoms with Gasteiger partial charge in [0.05, 0.1) is 19.4 Å². The van der Waals surface area contributed by atoms with E-state index in [1.54, 1.807) is 6.92 Å². The fraction of sp³-hybridized carbons (Fsp3) is 0.474. The number of aromatic nitrogens is 1. The third-order valence-electron chi connectivity index (χ3n) is 5.44. The van der Waals surface area contributed by atoms with Crippen LogP contribution in [0, 0.1) is 18.3 Å². The molecule has 6 heteroatoms. The molecule has 0 saturated carbocycles. The number of likely N-dealkylation sites (tertiary alicyclic amines) is 1. The Balaban J connectivity index is 1.41. The zero-order valence-electron chi connectivity index (χ0n) is 14.4. The smallest absolute Gasteiger partial charge is 0.256 e. The van der Waals surface area contributed by atoms with Gasteiger partial charge in [-0.05, 0) is 12.5 Å². The van der Waals surface area contributed by atoms with E-state index in [-0.39, 0.29) is 11.3 Å². The maximum Gasteiger partial charge on any atom is 0.256 e. The van der Waals surface area contributed by atoms with Gasteiger partial charge in [-0.1, -0.05) is 35.5 Å². The number of aryl methyl sites for hydroxylation is 1. The largest absolute Gasteiger partial charge is 0.380 e. The Kier molecular flexibility index (Phi) is 4.31. The lowest BCUT2D eigenvalue weighted by Gasteiger charge is -2.27. The van der Waals surface area contributed by atoms with Crippen molar-refractivity contribution in [2.24, 2.45) is 11.3 Å². The SMILES string of the molecule is Cc1oncc1C(=O)NC[C@]12COC[C@H]1CN(Cc1ccccc1)C2. The number of carbonyl (C=O) groups is 1. The summed E-state index contributed by atoms with van der Waals surface area (Å²) in [6, 6.07) is 10.5. The van der Waals surface area contributed by atoms with Crippen LogP contribution in [0.15, 0.2) is 41.1 Å². The van der Waals surface area contributed by atoms with Gasteiger partial charge in [-0.15, -0.1) is 0 Å². The lowest BCUT2D eigenvalue weighted by atomic mass is 9.81. The van der Waals surface area contributed by atoms with E-state index in [1.165, 1.54) is 11.8 Å². The van der Waals surface area contributed by atoms with Gasteiger partial charge >= 0.3 is 0 Å². The highest BCUT2D eigenvalue weighted by atomic mass is 16.5. The first-order valence-electron chi connectivity index (χ1n) is 8.70. The minimum Gasteiger partial charge on any atom is -0.380 e. The highest BCUT2D eigenvalue weighted by Gasteiger charge is 2.50. The summed E-state index contributed by atoms with van der Waals surface area (Å²) >= 11 is 0. The number of rotatable bonds is 5. The molecule has 2 fully saturated rings. The molecule has 4 rings (SSSR count). The number of hydrogen-bond donors (Lipinski definition) is 1. The van der Waals surface area contributed by atoms with Crippen molar-refractivity contribution in [1.29, 1.82) is 0 Å². The molecule has 25 heavy (non-hydrogen) atoms. The molecule has 2 saturated heterocycles. The van der Waals surface area contributed by atoms with E-state index >= 15 is 0 Å². The molecule has 132 valence electrons. The number of fused-ring (bicyclic) bond motifs is 1. The van der Waals surface area contributed by atoms with Crippen LogP contribution in [-0.2, 0) is 11.3 Å². The van der Waals surface area contributed by atoms with Crippen molar-refractivity contribution in [3.05, 3.63) is 53.4 Å². The third-order valence-corrected chi connectivity index (χ3v) is 5.44. The van der Waals surface area contributed by atoms with Crippen molar-refractivity contribution in [2.75, 3.05) is 32.8 Å². The first kappa shape index (κ1) is 16.3. The Morgan fingerprint density at radius 2 is 2.24 bits per heavy atom. The number of nitrogens with zero attached hydrogens (tertiary/aromatic N) is 2. The molecule has 1 aromatic carbocycles. The maximum atomic E-state index is 12.4. The van der Waals surface area contributed by atoms with Crippen molar-refractivity contribution in [2.45, 2.75) is 13.5 Å². The molecule has 0 spiro atoms. The van der Waals surface area contributed by atoms with E-state index in [0.717, 1.165) is 26.2 Å². The van der Waals surface area contributed by atoms with Crippen molar-refractivity contribution < 1.29 is 14.1 Å². The van der Waals surface area contributed by atoms with Gasteiger partial charge < -0.3 is 14.6 Å². The van der Waals surface area contributed by atoms with Crippen molar-refractivity contribution in [1.82, 2.24) is 15.4 Å². The molecule has 0 bridgehead atoms. The molecular formula is C19H23N3O3. The van der Waals surface area contributed by atoms with Crippen molar-refractivity contribution >= 4 is 5.91 Å². The zero-order valence-corrected chi connectivity index (χ0v) is 14.4. The normalized spacial score (nSPS) is 25.9. The van der Waals surface area contributed by atoms with Gasteiger partial charge in [-0.3, -0.25) is 9.69 Å². The zero-order chi connectivity index (χ0) is 17.3. The van der Waals surface area contributed by atoms with E-state index in [2.05, 4.69) is 39.6 Å². The van der Waals surface area contributed by atoms with Crippen LogP contribution in [0.5, 0.6) is 0 Å². The van der Waals surface area contributed by atoms with E-state index in [4.69, 9.17) is 9.26 Å². The molecule has 2 aromatic rings. The van der Waals surface area contributed by atoms with Gasteiger partial charge in [0.15, 0.2) is 0 Å². The monoisotopic (exact) mass is 341 g/mol. The Labute approximate surface area is 147 Å². The summed E-state index contributed by atoms with van der Waals surface area (Å²) in [4.78, 5) is 14.8. The number of hydrogen-bond acceptors (Lipinski definition) is 5. The predicted molar refractivity (Wildman–Crippen MR) is 92.0 cm³/mol. The molecule has 0 unspecified atom stereocenters. The Hall–Kier alpha value is -2.18. The number of benzene rings is 1. The Morgan fingerprint density at radius 3 is 3.00 bits per heavy atom. The summed E-state index contributed by atoms with van der Waals surface area (Å²) in [5.41, 5.74) is 1.82. The molecular weight excluding hydrogens is 318 g/mol. The standard InChI is InChI=1S/C19H23N3O3/c1-14-17(7-21-25-14)18(23)20-11-19-12-22(9-16(19)10-24-13-19)8-15-5-3-2-4-6-15/h2-7,16H,8-13H2,1H3,(H,20,23)/t16-,19+/m1/s1. The second-order valence-corrected chi connectivity index (χ2v) is 7.21. The average molecular weight is 341 g/mol. The summed E-state index contributed by atoms with van der Waals surface area (Å²) in [5, 5.41) is 6.75. The lowest BCUT2D eigenvalue weighted by molar-refractivity contribution is 0.0902. The lowest BCUT2D eigenvalue weighted by Crippen LogP contribution is -2.43. The Bertz CT molecular complexity index is 745. The van der Waals surface area contributed by atoms with Crippen LogP contribution >= 0.6 is 0 Å². The van der Waals surface area contributed by atoms with Gasteiger partial charge in [0.2, 0.25) is 0 Å². The van der Waals surface area contributed by atoms with Crippen LogP contribution < -0.4 is 5.32 Å². The Morgan fingerprint density at radius 1 is 1.40 bits per heavy atom. The van der Waals surface area contributed by atoms with Gasteiger partial charge in [0, 0.05) is 37.5 Å². The molecule has 0 aliphatic carbocycles. The van der Waals surface area contributed by atoms with E-state index < -0.39 is 0 Å². The summed E-state index contributed by atoms with van der Waals surface area (Å²) in [7, 11) is 0. The summed E-state index contributed by atoms with van der Waals surface area (Å²) in [6.45, 7) is 6.73. The summed E-state index contributed by atoms with van der Waals surface area (Å²) in [5.74, 6) is 0.881. The summed E-state index contributed by atoms with van der Waals surface area (Å²) < 4.78 is 10.7. The quantitative estimate of drug-likeness (QED) is 0.899. The fourth-order valence-corrected chi connectivity index (χ4v) is 4.02. The minimum atomic E-state index is -0.125. The highest BCUT2D eigenvalue weighted by molar-refractivity contribution is 5.94. The van der Waals surface area contributed by atoms with Crippen LogP contribution in [-0.4, -0.2) is 48.8 Å². The first-order chi connectivity index (χ1) is 12.2. The van der Waals surface area contributed by atoms with E-state index in [9.17, 15) is 4.79 Å². The van der Waals surface area contributed by atoms with E-state index in [1.807, 2.05) is 6.07 Å². The van der Waals surface area contributed by atoms with Crippen LogP contribution in [0.2, 0.25) is 0 Å². The molecule has 2 aliphatic rings. The molecule has 1 aromatic heterocycles. The number of amides is 1. The number of carbonyl (C=O) groups excluding carboxylic acids is 1. The second kappa shape index (κ2) is 6.61. The third kappa shape index (κ3) is 3.19. The van der Waals surface area contributed by atoms with Gasteiger partial charge in [0.1, 0.15) is 11.3 Å². The van der Waals surface area contributed by atoms with Gasteiger partial charge in [-0.25, -0.2) is 0 Å². The molecule has 3 heterocycles. The van der Waals surface area contributed by atoms with Crippen molar-refractivity contribution in [3.8, 4) is 0 Å². The average Bonchev–Trinajstić information content (AvgIpc) is 3.28. The predicted octanol–water partition coefficient (Wildman–Crippen LogP) is 1.86. The molecule has 1 amide bonds. The molecule has 1 N–H and O–H groups in total. The molecule has 2 atom stereocenters. The first-order valence-corrected chi connectivity index (χ1v) is 8.70. The van der Waals surface area contributed by atoms with Crippen LogP contribution in [0.25, 0.3) is 0 Å². The summed E-state index contributed by atoms with van der Waals surface area (Å²) in [6.07, 6.45) is 1.47. The van der Waals surface area contributed by atoms with Crippen molar-refractivity contribution in [3.63, 3.8) is 0 Å². The second-order valence-electron chi connectivity index (χ2n) is 7.21. The number of ether oxygens (including phenoxy) is 1. The van der Waals surface area contributed by atoms with Crippen LogP contribution in [0.4, 0.5) is 0 Å². The molecule has 0 radical (unpaired) electrons. The minimum absolute atomic E-state index is 0.00445. The van der Waals surface area contributed by atoms with Crippen LogP contribution in [0.3, 0.4) is 0 Å². The van der Waals surface area contributed by atoms with Gasteiger partial charge in [-0.2, -0.15) is 0 Å². The maximum absolute atomic E-state index is 12.4. The van der Waals surface area contributed by atoms with Gasteiger partial charge in [0.25, 0.3) is 5.91 Å². The molecule has 2 aliphatic heterocycles.